The Labute approximate surface area is 57.1 Å². The van der Waals surface area contributed by atoms with Gasteiger partial charge in [0.05, 0.1) is 6.33 Å². The minimum Gasteiger partial charge on any atom is -0.476 e. The quantitative estimate of drug-likeness (QED) is 0.562. The van der Waals surface area contributed by atoms with E-state index in [1.165, 1.54) is 10.9 Å². The number of hydrogen-bond donors (Lipinski definition) is 2. The summed E-state index contributed by atoms with van der Waals surface area (Å²) in [6, 6.07) is 0. The Morgan fingerprint density at radius 2 is 2.50 bits per heavy atom. The first-order valence-electron chi connectivity index (χ1n) is 2.63. The van der Waals surface area contributed by atoms with Crippen LogP contribution in [0.25, 0.3) is 0 Å². The van der Waals surface area contributed by atoms with E-state index in [9.17, 15) is 4.79 Å². The van der Waals surface area contributed by atoms with Crippen molar-refractivity contribution in [2.24, 2.45) is 7.05 Å². The Bertz CT molecular complexity index is 266. The lowest BCUT2D eigenvalue weighted by atomic mass is 10.4. The third-order valence-corrected chi connectivity index (χ3v) is 1.19. The van der Waals surface area contributed by atoms with Crippen LogP contribution < -0.4 is 5.73 Å². The summed E-state index contributed by atoms with van der Waals surface area (Å²) in [5.41, 5.74) is 5.23. The van der Waals surface area contributed by atoms with Crippen molar-refractivity contribution in [3.8, 4) is 0 Å². The molecule has 0 aliphatic carbocycles. The van der Waals surface area contributed by atoms with Crippen LogP contribution in [0.2, 0.25) is 0 Å². The summed E-state index contributed by atoms with van der Waals surface area (Å²) < 4.78 is 1.45. The average Bonchev–Trinajstić information content (AvgIpc) is 2.14. The van der Waals surface area contributed by atoms with Gasteiger partial charge in [0, 0.05) is 7.05 Å². The predicted molar refractivity (Wildman–Crippen MR) is 34.6 cm³/mol. The Morgan fingerprint density at radius 3 is 2.70 bits per heavy atom. The van der Waals surface area contributed by atoms with Crippen LogP contribution in [-0.2, 0) is 7.05 Å². The van der Waals surface area contributed by atoms with E-state index in [1.54, 1.807) is 7.05 Å². The highest BCUT2D eigenvalue weighted by Gasteiger charge is 2.11. The summed E-state index contributed by atoms with van der Waals surface area (Å²) in [6.07, 6.45) is 1.36. The van der Waals surface area contributed by atoms with Crippen LogP contribution >= 0.6 is 0 Å². The molecule has 5 nitrogen and oxygen atoms in total. The summed E-state index contributed by atoms with van der Waals surface area (Å²) >= 11 is 0. The number of hydrogen-bond acceptors (Lipinski definition) is 3. The molecule has 0 spiro atoms. The number of nitrogens with zero attached hydrogens (tertiary/aromatic N) is 2. The summed E-state index contributed by atoms with van der Waals surface area (Å²) in [7, 11) is 1.63. The summed E-state index contributed by atoms with van der Waals surface area (Å²) in [5, 5.41) is 8.42. The minimum atomic E-state index is -1.10. The Balaban J connectivity index is 3.17. The average molecular weight is 141 g/mol. The van der Waals surface area contributed by atoms with Crippen molar-refractivity contribution >= 4 is 11.8 Å². The van der Waals surface area contributed by atoms with Crippen LogP contribution in [0.5, 0.6) is 0 Å². The van der Waals surface area contributed by atoms with E-state index in [-0.39, 0.29) is 11.5 Å². The van der Waals surface area contributed by atoms with Crippen LogP contribution in [0, 0.1) is 0 Å². The first-order chi connectivity index (χ1) is 4.63. The molecule has 0 bridgehead atoms. The highest BCUT2D eigenvalue weighted by molar-refractivity contribution is 5.90. The van der Waals surface area contributed by atoms with Crippen molar-refractivity contribution < 1.29 is 9.90 Å². The monoisotopic (exact) mass is 141 g/mol. The van der Waals surface area contributed by atoms with Crippen LogP contribution in [0.15, 0.2) is 6.33 Å². The van der Waals surface area contributed by atoms with Gasteiger partial charge in [0.1, 0.15) is 5.82 Å². The molecule has 0 radical (unpaired) electrons. The molecule has 1 rings (SSSR count). The van der Waals surface area contributed by atoms with Gasteiger partial charge in [-0.3, -0.25) is 0 Å². The van der Waals surface area contributed by atoms with Gasteiger partial charge in [0.2, 0.25) is 0 Å². The normalized spacial score (nSPS) is 9.70. The maximum atomic E-state index is 10.3. The van der Waals surface area contributed by atoms with Crippen molar-refractivity contribution in [3.63, 3.8) is 0 Å². The van der Waals surface area contributed by atoms with Crippen LogP contribution in [-0.4, -0.2) is 20.6 Å². The molecule has 54 valence electrons. The van der Waals surface area contributed by atoms with E-state index in [4.69, 9.17) is 10.8 Å². The lowest BCUT2D eigenvalue weighted by molar-refractivity contribution is 0.0692. The molecule has 0 aliphatic heterocycles. The number of anilines is 1. The molecule has 5 heteroatoms. The molecule has 0 atom stereocenters. The number of aromatic carboxylic acids is 1. The molecule has 1 aromatic heterocycles. The van der Waals surface area contributed by atoms with Gasteiger partial charge in [0.15, 0.2) is 5.69 Å². The van der Waals surface area contributed by atoms with Gasteiger partial charge in [-0.2, -0.15) is 0 Å². The Morgan fingerprint density at radius 1 is 1.90 bits per heavy atom. The minimum absolute atomic E-state index is 0.0949. The van der Waals surface area contributed by atoms with E-state index in [2.05, 4.69) is 4.98 Å². The standard InChI is InChI=1S/C5H7N3O2/c1-8-2-7-3(4(8)6)5(9)10/h2H,6H2,1H3,(H,9,10). The lowest BCUT2D eigenvalue weighted by Gasteiger charge is -1.92. The van der Waals surface area contributed by atoms with Crippen molar-refractivity contribution in [1.29, 1.82) is 0 Å². The number of carboxylic acid groups (broad SMARTS) is 1. The predicted octanol–water partition coefficient (Wildman–Crippen LogP) is -0.300. The summed E-state index contributed by atoms with van der Waals surface area (Å²) in [6.45, 7) is 0. The number of aryl methyl sites for hydroxylation is 1. The van der Waals surface area contributed by atoms with Crippen molar-refractivity contribution in [3.05, 3.63) is 12.0 Å². The maximum absolute atomic E-state index is 10.3. The van der Waals surface area contributed by atoms with Gasteiger partial charge in [-0.1, -0.05) is 0 Å². The van der Waals surface area contributed by atoms with E-state index >= 15 is 0 Å². The third-order valence-electron chi connectivity index (χ3n) is 1.19. The second-order valence-corrected chi connectivity index (χ2v) is 1.89. The van der Waals surface area contributed by atoms with E-state index in [1.807, 2.05) is 0 Å². The summed E-state index contributed by atoms with van der Waals surface area (Å²) in [4.78, 5) is 13.8. The topological polar surface area (TPSA) is 81.1 Å². The molecular weight excluding hydrogens is 134 g/mol. The first-order valence-corrected chi connectivity index (χ1v) is 2.63. The fourth-order valence-electron chi connectivity index (χ4n) is 0.604. The number of imidazole rings is 1. The zero-order valence-corrected chi connectivity index (χ0v) is 5.40. The van der Waals surface area contributed by atoms with Gasteiger partial charge in [-0.25, -0.2) is 9.78 Å². The molecule has 1 heterocycles. The SMILES string of the molecule is Cn1cnc(C(=O)O)c1N. The Kier molecular flexibility index (Phi) is 1.33. The van der Waals surface area contributed by atoms with E-state index in [0.717, 1.165) is 0 Å². The van der Waals surface area contributed by atoms with Crippen LogP contribution in [0.3, 0.4) is 0 Å². The van der Waals surface area contributed by atoms with Crippen LogP contribution in [0.4, 0.5) is 5.82 Å². The molecule has 0 aromatic carbocycles. The molecule has 0 amide bonds. The molecule has 0 aliphatic rings. The molecule has 0 saturated heterocycles. The smallest absolute Gasteiger partial charge is 0.358 e. The van der Waals surface area contributed by atoms with Crippen molar-refractivity contribution in [2.45, 2.75) is 0 Å². The van der Waals surface area contributed by atoms with Gasteiger partial charge in [-0.15, -0.1) is 0 Å². The molecule has 0 fully saturated rings. The number of nitrogen functional groups attached to an aromatic ring is 1. The lowest BCUT2D eigenvalue weighted by Crippen LogP contribution is -2.03. The second-order valence-electron chi connectivity index (χ2n) is 1.89. The van der Waals surface area contributed by atoms with Gasteiger partial charge in [0.25, 0.3) is 0 Å². The van der Waals surface area contributed by atoms with Gasteiger partial charge < -0.3 is 15.4 Å². The largest absolute Gasteiger partial charge is 0.476 e. The molecular formula is C5H7N3O2. The van der Waals surface area contributed by atoms with E-state index in [0.29, 0.717) is 0 Å². The second kappa shape index (κ2) is 2.02. The van der Waals surface area contributed by atoms with E-state index < -0.39 is 5.97 Å². The molecule has 1 aromatic rings. The molecule has 3 N–H and O–H groups in total. The number of rotatable bonds is 1. The highest BCUT2D eigenvalue weighted by Crippen LogP contribution is 2.06. The highest BCUT2D eigenvalue weighted by atomic mass is 16.4. The molecule has 0 saturated carbocycles. The van der Waals surface area contributed by atoms with Crippen molar-refractivity contribution in [2.75, 3.05) is 5.73 Å². The van der Waals surface area contributed by atoms with Crippen LogP contribution in [0.1, 0.15) is 10.5 Å². The van der Waals surface area contributed by atoms with Gasteiger partial charge >= 0.3 is 5.97 Å². The van der Waals surface area contributed by atoms with Gasteiger partial charge in [-0.05, 0) is 0 Å². The number of nitrogens with two attached hydrogens (primary N) is 1. The fraction of sp³-hybridized carbons (Fsp3) is 0.200. The number of carbonyl (C=O) groups is 1. The third kappa shape index (κ3) is 0.812. The summed E-state index contributed by atoms with van der Waals surface area (Å²) in [5.74, 6) is -0.925. The molecule has 10 heavy (non-hydrogen) atoms. The number of aromatic nitrogens is 2. The number of carboxylic acids is 1. The first kappa shape index (κ1) is 6.60. The maximum Gasteiger partial charge on any atom is 0.358 e. The zero-order chi connectivity index (χ0) is 7.72. The molecule has 0 unspecified atom stereocenters. The zero-order valence-electron chi connectivity index (χ0n) is 5.40. The van der Waals surface area contributed by atoms with Crippen molar-refractivity contribution in [1.82, 2.24) is 9.55 Å². The fourth-order valence-corrected chi connectivity index (χ4v) is 0.604. The Hall–Kier alpha value is -1.52.